The number of hydrogen-bond acceptors (Lipinski definition) is 3. The standard InChI is InChI=1S/C15H18F2N2S/c1-3-7-18-13(14-9-19-10(2)20-14)8-11-5-4-6-12(16)15(11)17/h4-6,9,13,18H,3,7-8H2,1-2H3. The van der Waals surface area contributed by atoms with Gasteiger partial charge in [-0.3, -0.25) is 0 Å². The van der Waals surface area contributed by atoms with E-state index in [1.54, 1.807) is 23.5 Å². The number of hydrogen-bond donors (Lipinski definition) is 1. The lowest BCUT2D eigenvalue weighted by Gasteiger charge is -2.17. The van der Waals surface area contributed by atoms with E-state index in [1.165, 1.54) is 0 Å². The first-order chi connectivity index (χ1) is 9.61. The first-order valence-corrected chi connectivity index (χ1v) is 7.52. The predicted octanol–water partition coefficient (Wildman–Crippen LogP) is 4.01. The van der Waals surface area contributed by atoms with Gasteiger partial charge in [0.05, 0.1) is 5.01 Å². The Bertz CT molecular complexity index is 569. The Morgan fingerprint density at radius 2 is 2.15 bits per heavy atom. The summed E-state index contributed by atoms with van der Waals surface area (Å²) in [6.07, 6.45) is 3.22. The lowest BCUT2D eigenvalue weighted by Crippen LogP contribution is -2.23. The zero-order valence-electron chi connectivity index (χ0n) is 11.6. The van der Waals surface area contributed by atoms with E-state index in [0.717, 1.165) is 28.9 Å². The summed E-state index contributed by atoms with van der Waals surface area (Å²) in [4.78, 5) is 5.29. The van der Waals surface area contributed by atoms with Gasteiger partial charge in [0, 0.05) is 17.1 Å². The molecule has 2 nitrogen and oxygen atoms in total. The first kappa shape index (κ1) is 15.1. The van der Waals surface area contributed by atoms with Crippen LogP contribution < -0.4 is 5.32 Å². The summed E-state index contributed by atoms with van der Waals surface area (Å²) in [5, 5.41) is 4.35. The van der Waals surface area contributed by atoms with Gasteiger partial charge in [-0.05, 0) is 37.9 Å². The van der Waals surface area contributed by atoms with Gasteiger partial charge < -0.3 is 5.32 Å². The highest BCUT2D eigenvalue weighted by molar-refractivity contribution is 7.11. The van der Waals surface area contributed by atoms with Crippen LogP contribution in [0.4, 0.5) is 8.78 Å². The smallest absolute Gasteiger partial charge is 0.162 e. The Morgan fingerprint density at radius 3 is 2.80 bits per heavy atom. The molecule has 1 unspecified atom stereocenters. The van der Waals surface area contributed by atoms with Crippen molar-refractivity contribution in [3.8, 4) is 0 Å². The number of aryl methyl sites for hydroxylation is 1. The topological polar surface area (TPSA) is 24.9 Å². The number of benzene rings is 1. The quantitative estimate of drug-likeness (QED) is 0.871. The highest BCUT2D eigenvalue weighted by Gasteiger charge is 2.17. The third-order valence-corrected chi connectivity index (χ3v) is 4.11. The second kappa shape index (κ2) is 6.90. The molecule has 0 aliphatic rings. The van der Waals surface area contributed by atoms with Gasteiger partial charge in [-0.1, -0.05) is 19.1 Å². The third-order valence-electron chi connectivity index (χ3n) is 3.08. The van der Waals surface area contributed by atoms with E-state index in [4.69, 9.17) is 0 Å². The molecule has 0 fully saturated rings. The fourth-order valence-electron chi connectivity index (χ4n) is 2.06. The summed E-state index contributed by atoms with van der Waals surface area (Å²) in [6.45, 7) is 4.84. The van der Waals surface area contributed by atoms with Crippen LogP contribution in [-0.4, -0.2) is 11.5 Å². The lowest BCUT2D eigenvalue weighted by atomic mass is 10.0. The zero-order chi connectivity index (χ0) is 14.5. The second-order valence-corrected chi connectivity index (χ2v) is 5.97. The van der Waals surface area contributed by atoms with Gasteiger partial charge in [-0.25, -0.2) is 13.8 Å². The molecule has 1 heterocycles. The van der Waals surface area contributed by atoms with Crippen LogP contribution in [0.15, 0.2) is 24.4 Å². The summed E-state index contributed by atoms with van der Waals surface area (Å²) >= 11 is 1.59. The van der Waals surface area contributed by atoms with E-state index in [0.29, 0.717) is 12.0 Å². The number of halogens is 2. The van der Waals surface area contributed by atoms with Crippen LogP contribution >= 0.6 is 11.3 Å². The summed E-state index contributed by atoms with van der Waals surface area (Å²) in [5.41, 5.74) is 0.393. The average Bonchev–Trinajstić information content (AvgIpc) is 2.86. The van der Waals surface area contributed by atoms with Gasteiger partial charge in [0.25, 0.3) is 0 Å². The van der Waals surface area contributed by atoms with Crippen molar-refractivity contribution in [1.82, 2.24) is 10.3 Å². The Hall–Kier alpha value is -1.33. The Labute approximate surface area is 121 Å². The minimum Gasteiger partial charge on any atom is -0.309 e. The van der Waals surface area contributed by atoms with E-state index >= 15 is 0 Å². The molecule has 108 valence electrons. The molecule has 1 N–H and O–H groups in total. The van der Waals surface area contributed by atoms with E-state index < -0.39 is 11.6 Å². The van der Waals surface area contributed by atoms with Crippen molar-refractivity contribution in [2.45, 2.75) is 32.7 Å². The van der Waals surface area contributed by atoms with Gasteiger partial charge in [0.2, 0.25) is 0 Å². The van der Waals surface area contributed by atoms with Gasteiger partial charge in [-0.15, -0.1) is 11.3 Å². The molecule has 0 saturated carbocycles. The molecule has 2 aromatic rings. The average molecular weight is 296 g/mol. The van der Waals surface area contributed by atoms with Crippen LogP contribution in [0.25, 0.3) is 0 Å². The monoisotopic (exact) mass is 296 g/mol. The molecule has 0 radical (unpaired) electrons. The molecule has 0 bridgehead atoms. The number of nitrogens with one attached hydrogen (secondary N) is 1. The van der Waals surface area contributed by atoms with Gasteiger partial charge in [0.15, 0.2) is 11.6 Å². The van der Waals surface area contributed by atoms with Crippen molar-refractivity contribution < 1.29 is 8.78 Å². The van der Waals surface area contributed by atoms with E-state index in [9.17, 15) is 8.78 Å². The molecule has 1 aromatic heterocycles. The minimum atomic E-state index is -0.794. The van der Waals surface area contributed by atoms with Crippen LogP contribution in [0.3, 0.4) is 0 Å². The van der Waals surface area contributed by atoms with Crippen molar-refractivity contribution in [3.05, 3.63) is 51.5 Å². The van der Waals surface area contributed by atoms with Crippen LogP contribution in [-0.2, 0) is 6.42 Å². The van der Waals surface area contributed by atoms with E-state index in [1.807, 2.05) is 13.1 Å². The van der Waals surface area contributed by atoms with Crippen molar-refractivity contribution in [2.75, 3.05) is 6.54 Å². The van der Waals surface area contributed by atoms with Crippen LogP contribution in [0, 0.1) is 18.6 Å². The predicted molar refractivity (Wildman–Crippen MR) is 77.9 cm³/mol. The Kier molecular flexibility index (Phi) is 5.20. The SMILES string of the molecule is CCCNC(Cc1cccc(F)c1F)c1cnc(C)s1. The van der Waals surface area contributed by atoms with Crippen LogP contribution in [0.2, 0.25) is 0 Å². The number of rotatable bonds is 6. The molecule has 1 atom stereocenters. The summed E-state index contributed by atoms with van der Waals surface area (Å²) in [6, 6.07) is 4.29. The lowest BCUT2D eigenvalue weighted by molar-refractivity contribution is 0.479. The van der Waals surface area contributed by atoms with Gasteiger partial charge in [-0.2, -0.15) is 0 Å². The molecular formula is C15H18F2N2S. The highest BCUT2D eigenvalue weighted by atomic mass is 32.1. The maximum absolute atomic E-state index is 13.8. The summed E-state index contributed by atoms with van der Waals surface area (Å²) in [7, 11) is 0. The fraction of sp³-hybridized carbons (Fsp3) is 0.400. The van der Waals surface area contributed by atoms with Crippen molar-refractivity contribution in [2.24, 2.45) is 0 Å². The maximum atomic E-state index is 13.8. The van der Waals surface area contributed by atoms with E-state index in [2.05, 4.69) is 17.2 Å². The highest BCUT2D eigenvalue weighted by Crippen LogP contribution is 2.25. The van der Waals surface area contributed by atoms with Crippen LogP contribution in [0.5, 0.6) is 0 Å². The summed E-state index contributed by atoms with van der Waals surface area (Å²) < 4.78 is 27.1. The number of aromatic nitrogens is 1. The minimum absolute atomic E-state index is 0.0301. The summed E-state index contributed by atoms with van der Waals surface area (Å²) in [5.74, 6) is -1.55. The molecule has 0 aliphatic carbocycles. The third kappa shape index (κ3) is 3.61. The molecular weight excluding hydrogens is 278 g/mol. The van der Waals surface area contributed by atoms with Crippen molar-refractivity contribution in [3.63, 3.8) is 0 Å². The Balaban J connectivity index is 2.21. The Morgan fingerprint density at radius 1 is 1.35 bits per heavy atom. The van der Waals surface area contributed by atoms with Crippen molar-refractivity contribution in [1.29, 1.82) is 0 Å². The molecule has 1 aromatic carbocycles. The molecule has 5 heteroatoms. The second-order valence-electron chi connectivity index (χ2n) is 4.71. The molecule has 0 aliphatic heterocycles. The van der Waals surface area contributed by atoms with Crippen molar-refractivity contribution >= 4 is 11.3 Å². The van der Waals surface area contributed by atoms with E-state index in [-0.39, 0.29) is 6.04 Å². The normalized spacial score (nSPS) is 12.6. The maximum Gasteiger partial charge on any atom is 0.162 e. The van der Waals surface area contributed by atoms with Crippen LogP contribution in [0.1, 0.15) is 34.8 Å². The van der Waals surface area contributed by atoms with Gasteiger partial charge >= 0.3 is 0 Å². The molecule has 2 rings (SSSR count). The number of thiazole rings is 1. The molecule has 0 saturated heterocycles. The fourth-order valence-corrected chi connectivity index (χ4v) is 2.92. The molecule has 0 amide bonds. The number of nitrogens with zero attached hydrogens (tertiary/aromatic N) is 1. The zero-order valence-corrected chi connectivity index (χ0v) is 12.4. The first-order valence-electron chi connectivity index (χ1n) is 6.70. The largest absolute Gasteiger partial charge is 0.309 e. The molecule has 20 heavy (non-hydrogen) atoms. The van der Waals surface area contributed by atoms with Gasteiger partial charge in [0.1, 0.15) is 0 Å². The molecule has 0 spiro atoms.